The third kappa shape index (κ3) is 6.44. The molecule has 0 saturated carbocycles. The van der Waals surface area contributed by atoms with Crippen LogP contribution in [0.3, 0.4) is 0 Å². The molecule has 0 saturated heterocycles. The molecule has 0 aliphatic heterocycles. The van der Waals surface area contributed by atoms with Gasteiger partial charge in [-0.05, 0) is 54.7 Å². The second-order valence-electron chi connectivity index (χ2n) is 6.83. The molecule has 144 valence electrons. The van der Waals surface area contributed by atoms with Crippen LogP contribution in [-0.2, 0) is 6.42 Å². The number of hydrogen-bond donors (Lipinski definition) is 2. The van der Waals surface area contributed by atoms with Crippen LogP contribution < -0.4 is 15.4 Å². The molecule has 5 nitrogen and oxygen atoms in total. The molecule has 2 rings (SSSR count). The fraction of sp³-hybridized carbons (Fsp3) is 0.364. The number of carbonyl (C=O) groups is 2. The molecule has 0 unspecified atom stereocenters. The topological polar surface area (TPSA) is 67.4 Å². The van der Waals surface area contributed by atoms with Crippen molar-refractivity contribution in [3.8, 4) is 5.75 Å². The van der Waals surface area contributed by atoms with E-state index in [4.69, 9.17) is 4.74 Å². The van der Waals surface area contributed by atoms with E-state index in [1.165, 1.54) is 0 Å². The summed E-state index contributed by atoms with van der Waals surface area (Å²) in [4.78, 5) is 24.3. The third-order valence-electron chi connectivity index (χ3n) is 4.29. The van der Waals surface area contributed by atoms with E-state index in [1.54, 1.807) is 31.4 Å². The van der Waals surface area contributed by atoms with E-state index >= 15 is 0 Å². The number of benzene rings is 2. The molecule has 0 atom stereocenters. The van der Waals surface area contributed by atoms with E-state index in [0.717, 1.165) is 17.7 Å². The SMILES string of the molecule is COc1ccccc1CCNC(=O)c1ccc(C(=O)NCCC(C)C)cc1. The van der Waals surface area contributed by atoms with Crippen LogP contribution in [-0.4, -0.2) is 32.0 Å². The van der Waals surface area contributed by atoms with Crippen LogP contribution in [0, 0.1) is 5.92 Å². The Morgan fingerprint density at radius 3 is 2.00 bits per heavy atom. The van der Waals surface area contributed by atoms with Gasteiger partial charge in [-0.3, -0.25) is 9.59 Å². The number of rotatable bonds is 9. The molecule has 2 aromatic rings. The number of hydrogen-bond acceptors (Lipinski definition) is 3. The first kappa shape index (κ1) is 20.5. The molecule has 0 fully saturated rings. The highest BCUT2D eigenvalue weighted by Gasteiger charge is 2.09. The van der Waals surface area contributed by atoms with Crippen molar-refractivity contribution in [2.24, 2.45) is 5.92 Å². The van der Waals surface area contributed by atoms with E-state index in [0.29, 0.717) is 36.6 Å². The summed E-state index contributed by atoms with van der Waals surface area (Å²) < 4.78 is 5.31. The lowest BCUT2D eigenvalue weighted by molar-refractivity contribution is 0.0941. The van der Waals surface area contributed by atoms with Crippen LogP contribution in [0.1, 0.15) is 46.5 Å². The van der Waals surface area contributed by atoms with Gasteiger partial charge in [-0.1, -0.05) is 32.0 Å². The van der Waals surface area contributed by atoms with Crippen molar-refractivity contribution in [1.82, 2.24) is 10.6 Å². The molecular weight excluding hydrogens is 340 g/mol. The van der Waals surface area contributed by atoms with E-state index in [-0.39, 0.29) is 11.8 Å². The minimum Gasteiger partial charge on any atom is -0.496 e. The second kappa shape index (κ2) is 10.4. The molecule has 0 heterocycles. The van der Waals surface area contributed by atoms with Crippen LogP contribution in [0.5, 0.6) is 5.75 Å². The molecule has 0 bridgehead atoms. The monoisotopic (exact) mass is 368 g/mol. The Morgan fingerprint density at radius 2 is 1.44 bits per heavy atom. The summed E-state index contributed by atoms with van der Waals surface area (Å²) >= 11 is 0. The molecule has 0 spiro atoms. The zero-order valence-electron chi connectivity index (χ0n) is 16.2. The fourth-order valence-corrected chi connectivity index (χ4v) is 2.67. The molecule has 2 amide bonds. The fourth-order valence-electron chi connectivity index (χ4n) is 2.67. The molecular formula is C22H28N2O3. The Labute approximate surface area is 161 Å². The lowest BCUT2D eigenvalue weighted by Crippen LogP contribution is -2.27. The zero-order valence-corrected chi connectivity index (χ0v) is 16.2. The number of carbonyl (C=O) groups excluding carboxylic acids is 2. The van der Waals surface area contributed by atoms with E-state index in [9.17, 15) is 9.59 Å². The summed E-state index contributed by atoms with van der Waals surface area (Å²) in [6.45, 7) is 5.40. The molecule has 2 aromatic carbocycles. The lowest BCUT2D eigenvalue weighted by Gasteiger charge is -2.10. The summed E-state index contributed by atoms with van der Waals surface area (Å²) in [5, 5.41) is 5.79. The highest BCUT2D eigenvalue weighted by Crippen LogP contribution is 2.17. The summed E-state index contributed by atoms with van der Waals surface area (Å²) in [7, 11) is 1.64. The highest BCUT2D eigenvalue weighted by atomic mass is 16.5. The number of nitrogens with one attached hydrogen (secondary N) is 2. The Hall–Kier alpha value is -2.82. The first-order valence-electron chi connectivity index (χ1n) is 9.29. The number of amides is 2. The normalized spacial score (nSPS) is 10.5. The molecule has 0 aliphatic rings. The first-order chi connectivity index (χ1) is 13.0. The molecule has 0 radical (unpaired) electrons. The van der Waals surface area contributed by atoms with Gasteiger partial charge in [0.15, 0.2) is 0 Å². The van der Waals surface area contributed by atoms with Crippen LogP contribution in [0.4, 0.5) is 0 Å². The van der Waals surface area contributed by atoms with Crippen molar-refractivity contribution in [2.75, 3.05) is 20.2 Å². The van der Waals surface area contributed by atoms with Gasteiger partial charge < -0.3 is 15.4 Å². The van der Waals surface area contributed by atoms with E-state index in [2.05, 4.69) is 24.5 Å². The highest BCUT2D eigenvalue weighted by molar-refractivity contribution is 5.97. The molecule has 0 aliphatic carbocycles. The van der Waals surface area contributed by atoms with Gasteiger partial charge in [0.05, 0.1) is 7.11 Å². The molecule has 27 heavy (non-hydrogen) atoms. The van der Waals surface area contributed by atoms with E-state index in [1.807, 2.05) is 24.3 Å². The van der Waals surface area contributed by atoms with Crippen molar-refractivity contribution in [3.05, 3.63) is 65.2 Å². The number of ether oxygens (including phenoxy) is 1. The Bertz CT molecular complexity index is 754. The molecule has 2 N–H and O–H groups in total. The molecule has 0 aromatic heterocycles. The van der Waals surface area contributed by atoms with Crippen LogP contribution in [0.15, 0.2) is 48.5 Å². The van der Waals surface area contributed by atoms with Crippen molar-refractivity contribution in [3.63, 3.8) is 0 Å². The molecule has 5 heteroatoms. The number of para-hydroxylation sites is 1. The standard InChI is InChI=1S/C22H28N2O3/c1-16(2)12-14-23-21(25)18-8-10-19(11-9-18)22(26)24-15-13-17-6-4-5-7-20(17)27-3/h4-11,16H,12-15H2,1-3H3,(H,23,25)(H,24,26). The predicted molar refractivity (Wildman–Crippen MR) is 107 cm³/mol. The van der Waals surface area contributed by atoms with Gasteiger partial charge in [0.2, 0.25) is 0 Å². The lowest BCUT2D eigenvalue weighted by atomic mass is 10.1. The maximum absolute atomic E-state index is 12.3. The van der Waals surface area contributed by atoms with Gasteiger partial charge in [0.1, 0.15) is 5.75 Å². The van der Waals surface area contributed by atoms with Crippen molar-refractivity contribution < 1.29 is 14.3 Å². The third-order valence-corrected chi connectivity index (χ3v) is 4.29. The first-order valence-corrected chi connectivity index (χ1v) is 9.29. The smallest absolute Gasteiger partial charge is 0.251 e. The van der Waals surface area contributed by atoms with Gasteiger partial charge in [0, 0.05) is 24.2 Å². The zero-order chi connectivity index (χ0) is 19.6. The predicted octanol–water partition coefficient (Wildman–Crippen LogP) is 3.44. The minimum absolute atomic E-state index is 0.112. The largest absolute Gasteiger partial charge is 0.496 e. The average Bonchev–Trinajstić information content (AvgIpc) is 2.68. The Morgan fingerprint density at radius 1 is 0.889 bits per heavy atom. The van der Waals surface area contributed by atoms with Crippen LogP contribution in [0.25, 0.3) is 0 Å². The number of methoxy groups -OCH3 is 1. The van der Waals surface area contributed by atoms with Gasteiger partial charge in [-0.15, -0.1) is 0 Å². The second-order valence-corrected chi connectivity index (χ2v) is 6.83. The van der Waals surface area contributed by atoms with Crippen molar-refractivity contribution >= 4 is 11.8 Å². The van der Waals surface area contributed by atoms with Gasteiger partial charge in [0.25, 0.3) is 11.8 Å². The average molecular weight is 368 g/mol. The maximum Gasteiger partial charge on any atom is 0.251 e. The van der Waals surface area contributed by atoms with Crippen molar-refractivity contribution in [1.29, 1.82) is 0 Å². The summed E-state index contributed by atoms with van der Waals surface area (Å²) in [6, 6.07) is 14.5. The minimum atomic E-state index is -0.156. The van der Waals surface area contributed by atoms with Crippen LogP contribution in [0.2, 0.25) is 0 Å². The summed E-state index contributed by atoms with van der Waals surface area (Å²) in [5.41, 5.74) is 2.15. The van der Waals surface area contributed by atoms with Gasteiger partial charge >= 0.3 is 0 Å². The Kier molecular flexibility index (Phi) is 7.86. The van der Waals surface area contributed by atoms with E-state index < -0.39 is 0 Å². The quantitative estimate of drug-likeness (QED) is 0.712. The van der Waals surface area contributed by atoms with Crippen molar-refractivity contribution in [2.45, 2.75) is 26.7 Å². The van der Waals surface area contributed by atoms with Crippen LogP contribution >= 0.6 is 0 Å². The Balaban J connectivity index is 1.83. The summed E-state index contributed by atoms with van der Waals surface area (Å²) in [6.07, 6.45) is 1.63. The maximum atomic E-state index is 12.3. The van der Waals surface area contributed by atoms with Gasteiger partial charge in [-0.25, -0.2) is 0 Å². The van der Waals surface area contributed by atoms with Gasteiger partial charge in [-0.2, -0.15) is 0 Å². The summed E-state index contributed by atoms with van der Waals surface area (Å²) in [5.74, 6) is 1.10.